The van der Waals surface area contributed by atoms with Crippen LogP contribution >= 0.6 is 0 Å². The highest BCUT2D eigenvalue weighted by molar-refractivity contribution is 5.98. The Bertz CT molecular complexity index is 815. The van der Waals surface area contributed by atoms with Gasteiger partial charge in [-0.3, -0.25) is 9.79 Å². The van der Waals surface area contributed by atoms with Crippen molar-refractivity contribution in [2.45, 2.75) is 25.9 Å². The fraction of sp³-hybridized carbons (Fsp3) is 0.400. The van der Waals surface area contributed by atoms with Crippen molar-refractivity contribution in [3.8, 4) is 0 Å². The average molecular weight is 370 g/mol. The molecule has 1 aliphatic heterocycles. The van der Waals surface area contributed by atoms with E-state index in [4.69, 9.17) is 4.42 Å². The molecule has 0 bridgehead atoms. The number of carbonyl (C=O) groups is 1. The largest absolute Gasteiger partial charge is 0.464 e. The predicted octanol–water partition coefficient (Wildman–Crippen LogP) is 1.77. The molecule has 3 N–H and O–H groups in total. The number of fused-ring (bicyclic) bond motifs is 1. The zero-order chi connectivity index (χ0) is 19.2. The standard InChI is InChI=1S/C20H26N4O3/c1-14-9-10-18(27-14)17(25)12-22-20(21-2)23-13-19(26)24-11-5-7-15-6-3-4-8-16(15)24/h3-4,6,8-10,17,25H,5,7,11-13H2,1-2H3,(H2,21,22,23). The van der Waals surface area contributed by atoms with Crippen molar-refractivity contribution in [3.63, 3.8) is 0 Å². The number of rotatable bonds is 5. The van der Waals surface area contributed by atoms with Gasteiger partial charge in [0.25, 0.3) is 0 Å². The summed E-state index contributed by atoms with van der Waals surface area (Å²) in [4.78, 5) is 18.6. The molecule has 0 spiro atoms. The molecular weight excluding hydrogens is 344 g/mol. The summed E-state index contributed by atoms with van der Waals surface area (Å²) in [7, 11) is 1.62. The molecule has 7 nitrogen and oxygen atoms in total. The van der Waals surface area contributed by atoms with Crippen molar-refractivity contribution < 1.29 is 14.3 Å². The molecule has 1 aromatic carbocycles. The van der Waals surface area contributed by atoms with Crippen LogP contribution in [0.2, 0.25) is 0 Å². The van der Waals surface area contributed by atoms with Gasteiger partial charge in [-0.15, -0.1) is 0 Å². The van der Waals surface area contributed by atoms with Crippen molar-refractivity contribution in [1.82, 2.24) is 10.6 Å². The SMILES string of the molecule is CN=C(NCC(=O)N1CCCc2ccccc21)NCC(O)c1ccc(C)o1. The van der Waals surface area contributed by atoms with E-state index in [-0.39, 0.29) is 19.0 Å². The molecule has 1 atom stereocenters. The highest BCUT2D eigenvalue weighted by Gasteiger charge is 2.22. The average Bonchev–Trinajstić information content (AvgIpc) is 3.13. The molecule has 2 heterocycles. The second-order valence-corrected chi connectivity index (χ2v) is 6.55. The minimum atomic E-state index is -0.790. The first-order valence-corrected chi connectivity index (χ1v) is 9.15. The van der Waals surface area contributed by atoms with Gasteiger partial charge in [0, 0.05) is 19.3 Å². The zero-order valence-electron chi connectivity index (χ0n) is 15.7. The quantitative estimate of drug-likeness (QED) is 0.551. The Balaban J connectivity index is 1.52. The number of nitrogens with zero attached hydrogens (tertiary/aromatic N) is 2. The van der Waals surface area contributed by atoms with Crippen molar-refractivity contribution in [2.75, 3.05) is 31.6 Å². The van der Waals surface area contributed by atoms with Crippen LogP contribution in [0.4, 0.5) is 5.69 Å². The van der Waals surface area contributed by atoms with Crippen LogP contribution < -0.4 is 15.5 Å². The van der Waals surface area contributed by atoms with E-state index in [0.717, 1.165) is 30.8 Å². The minimum Gasteiger partial charge on any atom is -0.464 e. The van der Waals surface area contributed by atoms with Gasteiger partial charge in [-0.25, -0.2) is 0 Å². The van der Waals surface area contributed by atoms with Crippen LogP contribution in [0.1, 0.15) is 29.6 Å². The summed E-state index contributed by atoms with van der Waals surface area (Å²) in [5.74, 6) is 1.69. The van der Waals surface area contributed by atoms with E-state index in [9.17, 15) is 9.90 Å². The Hall–Kier alpha value is -2.80. The van der Waals surface area contributed by atoms with E-state index in [1.807, 2.05) is 30.0 Å². The Morgan fingerprint density at radius 3 is 2.85 bits per heavy atom. The third-order valence-corrected chi connectivity index (χ3v) is 4.59. The number of benzene rings is 1. The Kier molecular flexibility index (Phi) is 6.13. The molecule has 0 aliphatic carbocycles. The Labute approximate surface area is 159 Å². The lowest BCUT2D eigenvalue weighted by atomic mass is 10.0. The lowest BCUT2D eigenvalue weighted by Crippen LogP contribution is -2.46. The van der Waals surface area contributed by atoms with Crippen LogP contribution in [0.3, 0.4) is 0 Å². The van der Waals surface area contributed by atoms with Crippen molar-refractivity contribution in [1.29, 1.82) is 0 Å². The molecule has 2 aromatic rings. The minimum absolute atomic E-state index is 0.00712. The second kappa shape index (κ2) is 8.73. The predicted molar refractivity (Wildman–Crippen MR) is 105 cm³/mol. The van der Waals surface area contributed by atoms with E-state index in [1.54, 1.807) is 19.2 Å². The summed E-state index contributed by atoms with van der Waals surface area (Å²) in [5, 5.41) is 16.2. The Morgan fingerprint density at radius 1 is 1.30 bits per heavy atom. The number of aliphatic hydroxyl groups is 1. The molecule has 3 rings (SSSR count). The van der Waals surface area contributed by atoms with Crippen LogP contribution in [0.25, 0.3) is 0 Å². The summed E-state index contributed by atoms with van der Waals surface area (Å²) in [6.07, 6.45) is 1.17. The number of furan rings is 1. The van der Waals surface area contributed by atoms with Gasteiger partial charge in [-0.2, -0.15) is 0 Å². The summed E-state index contributed by atoms with van der Waals surface area (Å²) in [6, 6.07) is 11.6. The van der Waals surface area contributed by atoms with Crippen LogP contribution in [0.15, 0.2) is 45.8 Å². The fourth-order valence-corrected chi connectivity index (χ4v) is 3.19. The molecule has 0 radical (unpaired) electrons. The molecule has 0 saturated heterocycles. The zero-order valence-corrected chi connectivity index (χ0v) is 15.7. The van der Waals surface area contributed by atoms with Crippen LogP contribution in [0, 0.1) is 6.92 Å². The van der Waals surface area contributed by atoms with Gasteiger partial charge >= 0.3 is 0 Å². The maximum absolute atomic E-state index is 12.7. The van der Waals surface area contributed by atoms with Gasteiger partial charge in [0.1, 0.15) is 17.6 Å². The number of nitrogens with one attached hydrogen (secondary N) is 2. The van der Waals surface area contributed by atoms with Crippen molar-refractivity contribution in [2.24, 2.45) is 4.99 Å². The van der Waals surface area contributed by atoms with Crippen molar-refractivity contribution >= 4 is 17.6 Å². The van der Waals surface area contributed by atoms with Crippen LogP contribution in [-0.2, 0) is 11.2 Å². The summed E-state index contributed by atoms with van der Waals surface area (Å²) >= 11 is 0. The highest BCUT2D eigenvalue weighted by Crippen LogP contribution is 2.26. The smallest absolute Gasteiger partial charge is 0.246 e. The molecule has 144 valence electrons. The number of amides is 1. The normalized spacial score (nSPS) is 15.2. The number of hydrogen-bond acceptors (Lipinski definition) is 4. The molecule has 27 heavy (non-hydrogen) atoms. The van der Waals surface area contributed by atoms with Gasteiger partial charge in [0.05, 0.1) is 13.1 Å². The maximum atomic E-state index is 12.7. The second-order valence-electron chi connectivity index (χ2n) is 6.55. The molecule has 0 saturated carbocycles. The van der Waals surface area contributed by atoms with E-state index < -0.39 is 6.10 Å². The lowest BCUT2D eigenvalue weighted by Gasteiger charge is -2.29. The third-order valence-electron chi connectivity index (χ3n) is 4.59. The molecule has 7 heteroatoms. The van der Waals surface area contributed by atoms with Gasteiger partial charge in [0.15, 0.2) is 5.96 Å². The molecule has 1 unspecified atom stereocenters. The number of carbonyl (C=O) groups excluding carboxylic acids is 1. The Morgan fingerprint density at radius 2 is 2.11 bits per heavy atom. The topological polar surface area (TPSA) is 90.1 Å². The number of aliphatic hydroxyl groups excluding tert-OH is 1. The van der Waals surface area contributed by atoms with Crippen molar-refractivity contribution in [3.05, 3.63) is 53.5 Å². The molecule has 1 aliphatic rings. The van der Waals surface area contributed by atoms with Crippen LogP contribution in [-0.4, -0.2) is 43.7 Å². The van der Waals surface area contributed by atoms with Gasteiger partial charge in [-0.05, 0) is 43.5 Å². The first-order valence-electron chi connectivity index (χ1n) is 9.15. The lowest BCUT2D eigenvalue weighted by molar-refractivity contribution is -0.117. The maximum Gasteiger partial charge on any atom is 0.246 e. The van der Waals surface area contributed by atoms with Gasteiger partial charge in [-0.1, -0.05) is 18.2 Å². The molecule has 1 amide bonds. The van der Waals surface area contributed by atoms with E-state index in [2.05, 4.69) is 21.7 Å². The van der Waals surface area contributed by atoms with Crippen LogP contribution in [0.5, 0.6) is 0 Å². The summed E-state index contributed by atoms with van der Waals surface area (Å²) in [6.45, 7) is 2.91. The van der Waals surface area contributed by atoms with Gasteiger partial charge < -0.3 is 25.1 Å². The molecular formula is C20H26N4O3. The summed E-state index contributed by atoms with van der Waals surface area (Å²) in [5.41, 5.74) is 2.19. The van der Waals surface area contributed by atoms with E-state index >= 15 is 0 Å². The third kappa shape index (κ3) is 4.68. The molecule has 1 aromatic heterocycles. The monoisotopic (exact) mass is 370 g/mol. The first kappa shape index (κ1) is 19.0. The highest BCUT2D eigenvalue weighted by atomic mass is 16.4. The summed E-state index contributed by atoms with van der Waals surface area (Å²) < 4.78 is 5.41. The number of aryl methyl sites for hydroxylation is 2. The number of anilines is 1. The van der Waals surface area contributed by atoms with E-state index in [0.29, 0.717) is 11.7 Å². The van der Waals surface area contributed by atoms with E-state index in [1.165, 1.54) is 5.56 Å². The number of para-hydroxylation sites is 1. The number of guanidine groups is 1. The van der Waals surface area contributed by atoms with Gasteiger partial charge in [0.2, 0.25) is 5.91 Å². The number of hydrogen-bond donors (Lipinski definition) is 3. The number of aliphatic imine (C=N–C) groups is 1. The fourth-order valence-electron chi connectivity index (χ4n) is 3.19. The first-order chi connectivity index (χ1) is 13.1. The molecule has 0 fully saturated rings.